The first-order valence-corrected chi connectivity index (χ1v) is 5.62. The molecule has 0 radical (unpaired) electrons. The molecule has 1 heterocycles. The van der Waals surface area contributed by atoms with Crippen LogP contribution in [0.25, 0.3) is 0 Å². The monoisotopic (exact) mass is 210 g/mol. The maximum Gasteiger partial charge on any atom is 0.0533 e. The van der Waals surface area contributed by atoms with Crippen LogP contribution >= 0.6 is 0 Å². The second-order valence-electron chi connectivity index (χ2n) is 4.03. The van der Waals surface area contributed by atoms with Gasteiger partial charge >= 0.3 is 0 Å². The zero-order chi connectivity index (χ0) is 10.9. The molecule has 0 bridgehead atoms. The summed E-state index contributed by atoms with van der Waals surface area (Å²) in [7, 11) is 4.23. The lowest BCUT2D eigenvalue weighted by Crippen LogP contribution is -2.22. The van der Waals surface area contributed by atoms with Crippen LogP contribution in [0.5, 0.6) is 0 Å². The van der Waals surface area contributed by atoms with Crippen LogP contribution in [0.4, 0.5) is 0 Å². The van der Waals surface area contributed by atoms with Crippen LogP contribution in [0.1, 0.15) is 12.8 Å². The molecule has 4 heteroatoms. The van der Waals surface area contributed by atoms with Crippen molar-refractivity contribution in [1.29, 1.82) is 0 Å². The van der Waals surface area contributed by atoms with Crippen LogP contribution in [-0.4, -0.2) is 48.4 Å². The van der Waals surface area contributed by atoms with E-state index < -0.39 is 0 Å². The molecule has 0 fully saturated rings. The van der Waals surface area contributed by atoms with E-state index in [1.807, 2.05) is 23.1 Å². The average molecular weight is 210 g/mol. The summed E-state index contributed by atoms with van der Waals surface area (Å²) >= 11 is 0. The second-order valence-corrected chi connectivity index (χ2v) is 4.03. The molecule has 0 saturated heterocycles. The van der Waals surface area contributed by atoms with Crippen LogP contribution in [0, 0.1) is 0 Å². The fraction of sp³-hybridized carbons (Fsp3) is 0.727. The van der Waals surface area contributed by atoms with E-state index >= 15 is 0 Å². The van der Waals surface area contributed by atoms with E-state index in [0.717, 1.165) is 19.6 Å². The van der Waals surface area contributed by atoms with Gasteiger partial charge in [0.1, 0.15) is 0 Å². The van der Waals surface area contributed by atoms with Crippen molar-refractivity contribution >= 4 is 0 Å². The number of hydrogen-bond acceptors (Lipinski definition) is 3. The van der Waals surface area contributed by atoms with Crippen molar-refractivity contribution in [2.45, 2.75) is 19.4 Å². The minimum atomic E-state index is 0.959. The molecule has 0 spiro atoms. The number of rotatable bonds is 8. The Labute approximate surface area is 92.3 Å². The molecule has 1 aromatic rings. The van der Waals surface area contributed by atoms with Crippen LogP contribution in [0.2, 0.25) is 0 Å². The highest BCUT2D eigenvalue weighted by atomic mass is 15.3. The van der Waals surface area contributed by atoms with E-state index in [9.17, 15) is 0 Å². The molecule has 0 aliphatic heterocycles. The third kappa shape index (κ3) is 6.25. The highest BCUT2D eigenvalue weighted by Gasteiger charge is 1.92. The minimum Gasteiger partial charge on any atom is -0.315 e. The van der Waals surface area contributed by atoms with Gasteiger partial charge in [-0.05, 0) is 46.1 Å². The molecule has 0 aliphatic carbocycles. The van der Waals surface area contributed by atoms with Gasteiger partial charge in [-0.15, -0.1) is 0 Å². The Bertz CT molecular complexity index is 231. The number of aromatic nitrogens is 2. The average Bonchev–Trinajstić information content (AvgIpc) is 2.68. The lowest BCUT2D eigenvalue weighted by molar-refractivity contribution is 0.391. The molecule has 0 saturated carbocycles. The van der Waals surface area contributed by atoms with Crippen molar-refractivity contribution in [2.75, 3.05) is 33.7 Å². The smallest absolute Gasteiger partial charge is 0.0533 e. The maximum absolute atomic E-state index is 4.14. The SMILES string of the molecule is CN(C)CCCCNCCn1cccn1. The Morgan fingerprint density at radius 2 is 2.13 bits per heavy atom. The Morgan fingerprint density at radius 1 is 1.27 bits per heavy atom. The third-order valence-electron chi connectivity index (χ3n) is 2.29. The van der Waals surface area contributed by atoms with E-state index in [-0.39, 0.29) is 0 Å². The van der Waals surface area contributed by atoms with Crippen LogP contribution in [-0.2, 0) is 6.54 Å². The first kappa shape index (κ1) is 12.2. The van der Waals surface area contributed by atoms with E-state index in [1.165, 1.54) is 19.4 Å². The second kappa shape index (κ2) is 7.43. The summed E-state index contributed by atoms with van der Waals surface area (Å²) in [5.74, 6) is 0. The van der Waals surface area contributed by atoms with Gasteiger partial charge in [-0.2, -0.15) is 5.10 Å². The quantitative estimate of drug-likeness (QED) is 0.645. The molecule has 86 valence electrons. The van der Waals surface area contributed by atoms with Gasteiger partial charge in [-0.3, -0.25) is 4.68 Å². The van der Waals surface area contributed by atoms with Crippen molar-refractivity contribution in [3.8, 4) is 0 Å². The van der Waals surface area contributed by atoms with Gasteiger partial charge in [0, 0.05) is 18.9 Å². The van der Waals surface area contributed by atoms with Crippen LogP contribution in [0.15, 0.2) is 18.5 Å². The summed E-state index contributed by atoms with van der Waals surface area (Å²) in [6.45, 7) is 4.25. The molecular weight excluding hydrogens is 188 g/mol. The van der Waals surface area contributed by atoms with Crippen LogP contribution < -0.4 is 5.32 Å². The van der Waals surface area contributed by atoms with Gasteiger partial charge in [0.05, 0.1) is 6.54 Å². The van der Waals surface area contributed by atoms with Crippen molar-refractivity contribution in [1.82, 2.24) is 20.0 Å². The summed E-state index contributed by atoms with van der Waals surface area (Å²) < 4.78 is 1.95. The predicted octanol–water partition coefficient (Wildman–Crippen LogP) is 0.814. The van der Waals surface area contributed by atoms with E-state index in [2.05, 4.69) is 29.4 Å². The number of nitrogens with one attached hydrogen (secondary N) is 1. The van der Waals surface area contributed by atoms with Crippen LogP contribution in [0.3, 0.4) is 0 Å². The Kier molecular flexibility index (Phi) is 6.04. The largest absolute Gasteiger partial charge is 0.315 e. The fourth-order valence-corrected chi connectivity index (χ4v) is 1.43. The van der Waals surface area contributed by atoms with Gasteiger partial charge < -0.3 is 10.2 Å². The Balaban J connectivity index is 1.85. The van der Waals surface area contributed by atoms with Gasteiger partial charge in [0.15, 0.2) is 0 Å². The van der Waals surface area contributed by atoms with Gasteiger partial charge in [-0.1, -0.05) is 0 Å². The zero-order valence-corrected chi connectivity index (χ0v) is 9.82. The minimum absolute atomic E-state index is 0.959. The molecule has 1 rings (SSSR count). The highest BCUT2D eigenvalue weighted by Crippen LogP contribution is 1.89. The summed E-state index contributed by atoms with van der Waals surface area (Å²) in [6, 6.07) is 1.96. The molecule has 0 aromatic carbocycles. The van der Waals surface area contributed by atoms with E-state index in [4.69, 9.17) is 0 Å². The molecular formula is C11H22N4. The molecule has 4 nitrogen and oxygen atoms in total. The Hall–Kier alpha value is -0.870. The standard InChI is InChI=1S/C11H22N4/c1-14(2)9-4-3-6-12-8-11-15-10-5-7-13-15/h5,7,10,12H,3-4,6,8-9,11H2,1-2H3. The first-order chi connectivity index (χ1) is 7.29. The summed E-state index contributed by atoms with van der Waals surface area (Å²) in [4.78, 5) is 2.23. The molecule has 0 unspecified atom stereocenters. The van der Waals surface area contributed by atoms with Gasteiger partial charge in [-0.25, -0.2) is 0 Å². The van der Waals surface area contributed by atoms with Crippen molar-refractivity contribution in [3.05, 3.63) is 18.5 Å². The highest BCUT2D eigenvalue weighted by molar-refractivity contribution is 4.77. The normalized spacial score (nSPS) is 11.1. The number of nitrogens with zero attached hydrogens (tertiary/aromatic N) is 3. The molecule has 1 N–H and O–H groups in total. The lowest BCUT2D eigenvalue weighted by atomic mass is 10.3. The summed E-state index contributed by atoms with van der Waals surface area (Å²) in [5, 5.41) is 7.56. The van der Waals surface area contributed by atoms with Gasteiger partial charge in [0.25, 0.3) is 0 Å². The number of unbranched alkanes of at least 4 members (excludes halogenated alkanes) is 1. The fourth-order valence-electron chi connectivity index (χ4n) is 1.43. The molecule has 0 amide bonds. The van der Waals surface area contributed by atoms with Crippen molar-refractivity contribution in [3.63, 3.8) is 0 Å². The Morgan fingerprint density at radius 3 is 2.80 bits per heavy atom. The van der Waals surface area contributed by atoms with Crippen molar-refractivity contribution in [2.24, 2.45) is 0 Å². The topological polar surface area (TPSA) is 33.1 Å². The predicted molar refractivity (Wildman–Crippen MR) is 62.9 cm³/mol. The van der Waals surface area contributed by atoms with Crippen molar-refractivity contribution < 1.29 is 0 Å². The summed E-state index contributed by atoms with van der Waals surface area (Å²) in [6.07, 6.45) is 6.32. The summed E-state index contributed by atoms with van der Waals surface area (Å²) in [5.41, 5.74) is 0. The van der Waals surface area contributed by atoms with E-state index in [1.54, 1.807) is 0 Å². The molecule has 1 aromatic heterocycles. The molecule has 15 heavy (non-hydrogen) atoms. The van der Waals surface area contributed by atoms with Gasteiger partial charge in [0.2, 0.25) is 0 Å². The molecule has 0 atom stereocenters. The lowest BCUT2D eigenvalue weighted by Gasteiger charge is -2.09. The zero-order valence-electron chi connectivity index (χ0n) is 9.82. The first-order valence-electron chi connectivity index (χ1n) is 5.62. The molecule has 0 aliphatic rings. The number of hydrogen-bond donors (Lipinski definition) is 1. The van der Waals surface area contributed by atoms with E-state index in [0.29, 0.717) is 0 Å². The maximum atomic E-state index is 4.14. The third-order valence-corrected chi connectivity index (χ3v) is 2.29.